The summed E-state index contributed by atoms with van der Waals surface area (Å²) < 4.78 is 4.70. The van der Waals surface area contributed by atoms with Gasteiger partial charge >= 0.3 is 5.69 Å². The zero-order chi connectivity index (χ0) is 37.8. The van der Waals surface area contributed by atoms with Crippen molar-refractivity contribution in [2.75, 3.05) is 0 Å². The molecule has 2 heterocycles. The molecule has 8 rings (SSSR count). The van der Waals surface area contributed by atoms with Crippen LogP contribution in [0.15, 0.2) is 179 Å². The summed E-state index contributed by atoms with van der Waals surface area (Å²) in [5, 5.41) is 13.9. The van der Waals surface area contributed by atoms with Gasteiger partial charge in [-0.05, 0) is 55.8 Å². The molecule has 6 aromatic carbocycles. The third kappa shape index (κ3) is 6.40. The molecule has 55 heavy (non-hydrogen) atoms. The lowest BCUT2D eigenvalue weighted by Crippen LogP contribution is -2.41. The van der Waals surface area contributed by atoms with Gasteiger partial charge in [-0.25, -0.2) is 9.48 Å². The average molecular weight is 741 g/mol. The number of tetrazole rings is 1. The SMILES string of the molecule is CCCn1c(=O)c(-c2ccccc2)c(Cl)n(Cc2ccc(-c3ccccc3-c3nnnn3C(c3ccccc3)(c3ccccc3)c3ccccc3)cc2)c1=O. The van der Waals surface area contributed by atoms with Crippen LogP contribution >= 0.6 is 11.6 Å². The molecule has 0 spiro atoms. The van der Waals surface area contributed by atoms with Crippen LogP contribution in [-0.4, -0.2) is 29.3 Å². The van der Waals surface area contributed by atoms with Crippen LogP contribution in [0, 0.1) is 0 Å². The van der Waals surface area contributed by atoms with Crippen molar-refractivity contribution in [1.29, 1.82) is 0 Å². The minimum atomic E-state index is -0.904. The normalized spacial score (nSPS) is 11.5. The quantitative estimate of drug-likeness (QED) is 0.0977. The van der Waals surface area contributed by atoms with Gasteiger partial charge in [-0.3, -0.25) is 13.9 Å². The van der Waals surface area contributed by atoms with Gasteiger partial charge in [0.15, 0.2) is 5.82 Å². The van der Waals surface area contributed by atoms with Crippen molar-refractivity contribution in [3.05, 3.63) is 218 Å². The fraction of sp³-hybridized carbons (Fsp3) is 0.109. The Morgan fingerprint density at radius 2 is 1.09 bits per heavy atom. The van der Waals surface area contributed by atoms with Crippen molar-refractivity contribution in [2.24, 2.45) is 0 Å². The van der Waals surface area contributed by atoms with Crippen LogP contribution in [0.3, 0.4) is 0 Å². The summed E-state index contributed by atoms with van der Waals surface area (Å²) in [6.07, 6.45) is 0.631. The molecule has 0 radical (unpaired) electrons. The fourth-order valence-corrected chi connectivity index (χ4v) is 7.79. The van der Waals surface area contributed by atoms with Crippen LogP contribution < -0.4 is 11.2 Å². The first-order valence-electron chi connectivity index (χ1n) is 18.2. The minimum absolute atomic E-state index is 0.119. The zero-order valence-electron chi connectivity index (χ0n) is 30.2. The largest absolute Gasteiger partial charge is 0.332 e. The first-order chi connectivity index (χ1) is 27.0. The fourth-order valence-electron chi connectivity index (χ4n) is 7.47. The maximum Gasteiger partial charge on any atom is 0.332 e. The molecule has 270 valence electrons. The number of benzene rings is 6. The first kappa shape index (κ1) is 35.4. The molecule has 0 amide bonds. The van der Waals surface area contributed by atoms with Gasteiger partial charge in [-0.2, -0.15) is 0 Å². The summed E-state index contributed by atoms with van der Waals surface area (Å²) in [5.74, 6) is 0.598. The van der Waals surface area contributed by atoms with E-state index in [1.54, 1.807) is 0 Å². The van der Waals surface area contributed by atoms with E-state index in [2.05, 4.69) is 47.7 Å². The molecule has 0 saturated carbocycles. The molecule has 0 N–H and O–H groups in total. The van der Waals surface area contributed by atoms with Crippen LogP contribution in [0.25, 0.3) is 33.6 Å². The highest BCUT2D eigenvalue weighted by Crippen LogP contribution is 2.43. The van der Waals surface area contributed by atoms with Crippen LogP contribution in [0.5, 0.6) is 0 Å². The Morgan fingerprint density at radius 1 is 0.582 bits per heavy atom. The topological polar surface area (TPSA) is 87.6 Å². The predicted molar refractivity (Wildman–Crippen MR) is 218 cm³/mol. The van der Waals surface area contributed by atoms with E-state index in [-0.39, 0.29) is 17.3 Å². The highest BCUT2D eigenvalue weighted by atomic mass is 35.5. The van der Waals surface area contributed by atoms with Crippen molar-refractivity contribution in [2.45, 2.75) is 32.0 Å². The van der Waals surface area contributed by atoms with E-state index < -0.39 is 11.2 Å². The van der Waals surface area contributed by atoms with Crippen molar-refractivity contribution >= 4 is 11.6 Å². The maximum atomic E-state index is 13.7. The Morgan fingerprint density at radius 3 is 1.64 bits per heavy atom. The summed E-state index contributed by atoms with van der Waals surface area (Å²) in [4.78, 5) is 27.2. The van der Waals surface area contributed by atoms with Crippen LogP contribution in [0.4, 0.5) is 0 Å². The Kier molecular flexibility index (Phi) is 9.90. The predicted octanol–water partition coefficient (Wildman–Crippen LogP) is 8.95. The Labute approximate surface area is 323 Å². The van der Waals surface area contributed by atoms with Crippen molar-refractivity contribution in [1.82, 2.24) is 29.3 Å². The molecule has 8 nitrogen and oxygen atoms in total. The van der Waals surface area contributed by atoms with Gasteiger partial charge in [0, 0.05) is 12.1 Å². The molecule has 0 unspecified atom stereocenters. The van der Waals surface area contributed by atoms with Crippen molar-refractivity contribution in [3.8, 4) is 33.6 Å². The van der Waals surface area contributed by atoms with E-state index in [0.29, 0.717) is 29.9 Å². The van der Waals surface area contributed by atoms with Gasteiger partial charge in [-0.1, -0.05) is 188 Å². The third-order valence-corrected chi connectivity index (χ3v) is 10.4. The second-order valence-corrected chi connectivity index (χ2v) is 13.7. The van der Waals surface area contributed by atoms with Gasteiger partial charge in [0.1, 0.15) is 10.7 Å². The number of hydrogen-bond acceptors (Lipinski definition) is 5. The summed E-state index contributed by atoms with van der Waals surface area (Å²) in [6.45, 7) is 2.42. The standard InChI is InChI=1S/C46H37ClN6O2/c1-2-31-51-44(54)41(35-17-7-3-8-18-35)42(47)52(45(51)55)32-33-27-29-34(30-28-33)39-25-15-16-26-40(39)43-48-49-50-53(43)46(36-19-9-4-10-20-36,37-21-11-5-12-22-37)38-23-13-6-14-24-38/h3-30H,2,31-32H2,1H3. The van der Waals surface area contributed by atoms with Gasteiger partial charge in [0.2, 0.25) is 0 Å². The van der Waals surface area contributed by atoms with Crippen molar-refractivity contribution in [3.63, 3.8) is 0 Å². The lowest BCUT2D eigenvalue weighted by Gasteiger charge is -2.36. The maximum absolute atomic E-state index is 13.7. The van der Waals surface area contributed by atoms with E-state index in [0.717, 1.165) is 38.9 Å². The minimum Gasteiger partial charge on any atom is -0.279 e. The molecule has 0 bridgehead atoms. The monoisotopic (exact) mass is 740 g/mol. The number of nitrogens with zero attached hydrogens (tertiary/aromatic N) is 6. The summed E-state index contributed by atoms with van der Waals surface area (Å²) in [5.41, 5.74) is 5.88. The van der Waals surface area contributed by atoms with Gasteiger partial charge < -0.3 is 0 Å². The number of aromatic nitrogens is 6. The number of rotatable bonds is 11. The highest BCUT2D eigenvalue weighted by Gasteiger charge is 2.42. The van der Waals surface area contributed by atoms with Gasteiger partial charge in [0.05, 0.1) is 12.1 Å². The molecule has 0 aliphatic rings. The molecule has 8 aromatic rings. The Bertz CT molecular complexity index is 2580. The Hall–Kier alpha value is -6.64. The van der Waals surface area contributed by atoms with Crippen LogP contribution in [0.1, 0.15) is 35.6 Å². The van der Waals surface area contributed by atoms with Crippen LogP contribution in [0.2, 0.25) is 5.15 Å². The molecule has 0 atom stereocenters. The molecule has 0 saturated heterocycles. The first-order valence-corrected chi connectivity index (χ1v) is 18.6. The molecule has 0 aliphatic carbocycles. The summed E-state index contributed by atoms with van der Waals surface area (Å²) in [6, 6.07) is 56.3. The molecule has 0 fully saturated rings. The number of halogens is 1. The average Bonchev–Trinajstić information content (AvgIpc) is 3.73. The second-order valence-electron chi connectivity index (χ2n) is 13.3. The van der Waals surface area contributed by atoms with E-state index in [1.165, 1.54) is 9.13 Å². The number of hydrogen-bond donors (Lipinski definition) is 0. The molecule has 0 aliphatic heterocycles. The van der Waals surface area contributed by atoms with E-state index >= 15 is 0 Å². The van der Waals surface area contributed by atoms with E-state index in [1.807, 2.05) is 139 Å². The molecule has 9 heteroatoms. The van der Waals surface area contributed by atoms with Gasteiger partial charge in [0.25, 0.3) is 5.56 Å². The smallest absolute Gasteiger partial charge is 0.279 e. The highest BCUT2D eigenvalue weighted by molar-refractivity contribution is 6.32. The molecular weight excluding hydrogens is 704 g/mol. The summed E-state index contributed by atoms with van der Waals surface area (Å²) in [7, 11) is 0. The second kappa shape index (κ2) is 15.4. The summed E-state index contributed by atoms with van der Waals surface area (Å²) >= 11 is 6.89. The van der Waals surface area contributed by atoms with E-state index in [9.17, 15) is 9.59 Å². The van der Waals surface area contributed by atoms with Crippen LogP contribution in [-0.2, 0) is 18.6 Å². The lowest BCUT2D eigenvalue weighted by molar-refractivity contribution is 0.451. The lowest BCUT2D eigenvalue weighted by atomic mass is 9.77. The third-order valence-electron chi connectivity index (χ3n) is 10.0. The molecular formula is C46H37ClN6O2. The van der Waals surface area contributed by atoms with Crippen molar-refractivity contribution < 1.29 is 0 Å². The van der Waals surface area contributed by atoms with E-state index in [4.69, 9.17) is 21.9 Å². The van der Waals surface area contributed by atoms with Gasteiger partial charge in [-0.15, -0.1) is 5.10 Å². The zero-order valence-corrected chi connectivity index (χ0v) is 30.9. The Balaban J connectivity index is 1.23. The molecule has 2 aromatic heterocycles.